The first-order chi connectivity index (χ1) is 18.0. The van der Waals surface area contributed by atoms with Crippen LogP contribution in [0, 0.1) is 5.41 Å². The van der Waals surface area contributed by atoms with E-state index in [1.807, 2.05) is 62.2 Å². The first-order valence-electron chi connectivity index (χ1n) is 12.1. The number of benzene rings is 2. The standard InChI is InChI=1S/C28H32ClN3O4S2/c1-19(2)36-16-8-15-31-28(33)23(30)18-25(32(3)24-12-6-5-11-22(24)29)27-14-13-26(37-27)20-9-7-10-21(17-20)38(4,34)35/h5-7,9-14,17-19,30H,8,15-16H2,1-4H3,(H,31,33)/b25-18-,30-23?. The van der Waals surface area contributed by atoms with Gasteiger partial charge in [0.25, 0.3) is 5.91 Å². The molecule has 0 atom stereocenters. The summed E-state index contributed by atoms with van der Waals surface area (Å²) in [6.45, 7) is 4.83. The van der Waals surface area contributed by atoms with Crippen LogP contribution in [-0.2, 0) is 19.4 Å². The second-order valence-corrected chi connectivity index (χ2v) is 12.5. The molecule has 0 saturated carbocycles. The summed E-state index contributed by atoms with van der Waals surface area (Å²) in [5, 5.41) is 11.8. The quantitative estimate of drug-likeness (QED) is 0.207. The number of para-hydroxylation sites is 1. The Morgan fingerprint density at radius 1 is 1.16 bits per heavy atom. The molecule has 0 aliphatic heterocycles. The number of carbonyl (C=O) groups excluding carboxylic acids is 1. The van der Waals surface area contributed by atoms with Crippen molar-refractivity contribution in [1.29, 1.82) is 5.41 Å². The maximum atomic E-state index is 12.7. The molecule has 0 spiro atoms. The Labute approximate surface area is 233 Å². The number of carbonyl (C=O) groups is 1. The molecular formula is C28H32ClN3O4S2. The van der Waals surface area contributed by atoms with Crippen LogP contribution in [0.1, 0.15) is 25.1 Å². The highest BCUT2D eigenvalue weighted by Crippen LogP contribution is 2.37. The van der Waals surface area contributed by atoms with Gasteiger partial charge in [0.15, 0.2) is 9.84 Å². The van der Waals surface area contributed by atoms with Crippen LogP contribution in [0.4, 0.5) is 5.69 Å². The maximum Gasteiger partial charge on any atom is 0.269 e. The van der Waals surface area contributed by atoms with Gasteiger partial charge >= 0.3 is 0 Å². The number of nitrogens with one attached hydrogen (secondary N) is 2. The number of ether oxygens (including phenoxy) is 1. The van der Waals surface area contributed by atoms with Gasteiger partial charge in [-0.05, 0) is 68.3 Å². The zero-order chi connectivity index (χ0) is 27.9. The SMILES string of the molecule is CC(C)OCCCNC(=O)C(=N)/C=C(/c1ccc(-c2cccc(S(C)(=O)=O)c2)s1)N(C)c1ccccc1Cl. The molecule has 2 N–H and O–H groups in total. The molecule has 1 aromatic heterocycles. The zero-order valence-electron chi connectivity index (χ0n) is 21.8. The van der Waals surface area contributed by atoms with E-state index in [1.165, 1.54) is 23.7 Å². The van der Waals surface area contributed by atoms with Crippen molar-refractivity contribution in [1.82, 2.24) is 5.32 Å². The Kier molecular flexibility index (Phi) is 10.3. The smallest absolute Gasteiger partial charge is 0.269 e. The number of hydrogen-bond acceptors (Lipinski definition) is 7. The number of halogens is 1. The third-order valence-corrected chi connectivity index (χ3v) is 8.15. The number of sulfone groups is 1. The minimum Gasteiger partial charge on any atom is -0.379 e. The summed E-state index contributed by atoms with van der Waals surface area (Å²) in [6.07, 6.45) is 3.47. The summed E-state index contributed by atoms with van der Waals surface area (Å²) < 4.78 is 29.6. The fourth-order valence-corrected chi connectivity index (χ4v) is 5.57. The van der Waals surface area contributed by atoms with Crippen LogP contribution >= 0.6 is 22.9 Å². The fourth-order valence-electron chi connectivity index (χ4n) is 3.59. The Morgan fingerprint density at radius 3 is 2.58 bits per heavy atom. The van der Waals surface area contributed by atoms with Gasteiger partial charge in [-0.15, -0.1) is 11.3 Å². The lowest BCUT2D eigenvalue weighted by Gasteiger charge is -2.23. The minimum atomic E-state index is -3.35. The zero-order valence-corrected chi connectivity index (χ0v) is 24.2. The van der Waals surface area contributed by atoms with E-state index in [9.17, 15) is 13.2 Å². The van der Waals surface area contributed by atoms with E-state index in [-0.39, 0.29) is 16.7 Å². The van der Waals surface area contributed by atoms with Gasteiger partial charge in [-0.1, -0.05) is 35.9 Å². The summed E-state index contributed by atoms with van der Waals surface area (Å²) in [4.78, 5) is 16.4. The van der Waals surface area contributed by atoms with Gasteiger partial charge in [-0.25, -0.2) is 8.42 Å². The van der Waals surface area contributed by atoms with Crippen molar-refractivity contribution in [2.24, 2.45) is 0 Å². The maximum absolute atomic E-state index is 12.7. The Balaban J connectivity index is 1.91. The second kappa shape index (κ2) is 13.2. The van der Waals surface area contributed by atoms with Crippen LogP contribution in [0.25, 0.3) is 16.1 Å². The Hall–Kier alpha value is -2.98. The van der Waals surface area contributed by atoms with Crippen LogP contribution in [0.3, 0.4) is 0 Å². The third kappa shape index (κ3) is 8.01. The highest BCUT2D eigenvalue weighted by Gasteiger charge is 2.18. The predicted molar refractivity (Wildman–Crippen MR) is 157 cm³/mol. The van der Waals surface area contributed by atoms with E-state index >= 15 is 0 Å². The number of nitrogens with zero attached hydrogens (tertiary/aromatic N) is 1. The van der Waals surface area contributed by atoms with Gasteiger partial charge in [0.05, 0.1) is 32.3 Å². The normalized spacial score (nSPS) is 12.0. The highest BCUT2D eigenvalue weighted by atomic mass is 35.5. The lowest BCUT2D eigenvalue weighted by molar-refractivity contribution is -0.114. The average molecular weight is 574 g/mol. The molecule has 0 aliphatic rings. The molecule has 0 aliphatic carbocycles. The number of thiophene rings is 1. The Bertz CT molecular complexity index is 1430. The number of anilines is 1. The second-order valence-electron chi connectivity index (χ2n) is 8.95. The summed E-state index contributed by atoms with van der Waals surface area (Å²) in [6, 6.07) is 17.9. The molecule has 0 unspecified atom stereocenters. The van der Waals surface area contributed by atoms with Crippen LogP contribution in [0.15, 0.2) is 71.6 Å². The molecule has 10 heteroatoms. The van der Waals surface area contributed by atoms with Crippen molar-refractivity contribution >= 4 is 55.8 Å². The van der Waals surface area contributed by atoms with E-state index in [0.29, 0.717) is 36.0 Å². The van der Waals surface area contributed by atoms with Gasteiger partial charge in [0, 0.05) is 31.3 Å². The average Bonchev–Trinajstić information content (AvgIpc) is 3.36. The molecule has 2 aromatic carbocycles. The van der Waals surface area contributed by atoms with E-state index in [2.05, 4.69) is 5.32 Å². The summed E-state index contributed by atoms with van der Waals surface area (Å²) in [5.41, 5.74) is 1.89. The van der Waals surface area contributed by atoms with Gasteiger partial charge < -0.3 is 15.0 Å². The first-order valence-corrected chi connectivity index (χ1v) is 15.1. The van der Waals surface area contributed by atoms with Gasteiger partial charge in [-0.2, -0.15) is 0 Å². The molecule has 0 saturated heterocycles. The fraction of sp³-hybridized carbons (Fsp3) is 0.286. The van der Waals surface area contributed by atoms with Crippen LogP contribution in [0.5, 0.6) is 0 Å². The number of amides is 1. The molecule has 38 heavy (non-hydrogen) atoms. The van der Waals surface area contributed by atoms with E-state index in [1.54, 1.807) is 24.3 Å². The monoisotopic (exact) mass is 573 g/mol. The molecule has 0 radical (unpaired) electrons. The van der Waals surface area contributed by atoms with Crippen molar-refractivity contribution in [3.05, 3.63) is 76.6 Å². The molecule has 3 aromatic rings. The summed E-state index contributed by atoms with van der Waals surface area (Å²) >= 11 is 7.89. The van der Waals surface area contributed by atoms with Crippen molar-refractivity contribution in [3.63, 3.8) is 0 Å². The Morgan fingerprint density at radius 2 is 1.89 bits per heavy atom. The lowest BCUT2D eigenvalue weighted by atomic mass is 10.2. The number of rotatable bonds is 12. The number of hydrogen-bond donors (Lipinski definition) is 2. The molecule has 202 valence electrons. The molecular weight excluding hydrogens is 542 g/mol. The van der Waals surface area contributed by atoms with Crippen LogP contribution in [0.2, 0.25) is 5.02 Å². The van der Waals surface area contributed by atoms with Crippen molar-refractivity contribution in [2.75, 3.05) is 31.4 Å². The van der Waals surface area contributed by atoms with Crippen molar-refractivity contribution < 1.29 is 17.9 Å². The van der Waals surface area contributed by atoms with Crippen molar-refractivity contribution in [3.8, 4) is 10.4 Å². The van der Waals surface area contributed by atoms with E-state index in [4.69, 9.17) is 21.7 Å². The summed E-state index contributed by atoms with van der Waals surface area (Å²) in [5.74, 6) is -0.489. The largest absolute Gasteiger partial charge is 0.379 e. The van der Waals surface area contributed by atoms with Crippen LogP contribution in [-0.4, -0.2) is 52.6 Å². The summed E-state index contributed by atoms with van der Waals surface area (Å²) in [7, 11) is -1.52. The van der Waals surface area contributed by atoms with Crippen LogP contribution < -0.4 is 10.2 Å². The van der Waals surface area contributed by atoms with Gasteiger partial charge in [0.1, 0.15) is 5.71 Å². The van der Waals surface area contributed by atoms with Crippen molar-refractivity contribution in [2.45, 2.75) is 31.3 Å². The third-order valence-electron chi connectivity index (χ3n) is 5.56. The van der Waals surface area contributed by atoms with E-state index in [0.717, 1.165) is 15.3 Å². The topological polar surface area (TPSA) is 99.6 Å². The molecule has 3 rings (SSSR count). The minimum absolute atomic E-state index is 0.124. The predicted octanol–water partition coefficient (Wildman–Crippen LogP) is 5.90. The molecule has 1 amide bonds. The first kappa shape index (κ1) is 29.6. The molecule has 1 heterocycles. The van der Waals surface area contributed by atoms with Gasteiger partial charge in [0.2, 0.25) is 0 Å². The molecule has 0 fully saturated rings. The molecule has 7 nitrogen and oxygen atoms in total. The van der Waals surface area contributed by atoms with Gasteiger partial charge in [-0.3, -0.25) is 10.2 Å². The lowest BCUT2D eigenvalue weighted by Crippen LogP contribution is -2.31. The van der Waals surface area contributed by atoms with E-state index < -0.39 is 15.7 Å². The highest BCUT2D eigenvalue weighted by molar-refractivity contribution is 7.90. The molecule has 0 bridgehead atoms.